The van der Waals surface area contributed by atoms with Gasteiger partial charge in [-0.2, -0.15) is 0 Å². The van der Waals surface area contributed by atoms with Crippen molar-refractivity contribution < 1.29 is 9.47 Å². The van der Waals surface area contributed by atoms with Gasteiger partial charge in [-0.3, -0.25) is 11.3 Å². The molecule has 0 amide bonds. The molecule has 1 rings (SSSR count). The summed E-state index contributed by atoms with van der Waals surface area (Å²) in [5.74, 6) is 5.53. The van der Waals surface area contributed by atoms with E-state index in [0.29, 0.717) is 19.8 Å². The van der Waals surface area contributed by atoms with Crippen molar-refractivity contribution >= 4 is 0 Å². The van der Waals surface area contributed by atoms with Crippen molar-refractivity contribution in [1.29, 1.82) is 0 Å². The zero-order valence-corrected chi connectivity index (χ0v) is 11.3. The fourth-order valence-electron chi connectivity index (χ4n) is 1.73. The van der Waals surface area contributed by atoms with E-state index in [0.717, 1.165) is 12.8 Å². The maximum absolute atomic E-state index is 5.53. The van der Waals surface area contributed by atoms with Gasteiger partial charge in [-0.05, 0) is 24.0 Å². The molecule has 0 aliphatic heterocycles. The second-order valence-electron chi connectivity index (χ2n) is 4.31. The van der Waals surface area contributed by atoms with Gasteiger partial charge in [0, 0.05) is 13.2 Å². The fraction of sp³-hybridized carbons (Fsp3) is 0.571. The van der Waals surface area contributed by atoms with Gasteiger partial charge >= 0.3 is 0 Å². The van der Waals surface area contributed by atoms with Crippen LogP contribution in [0.3, 0.4) is 0 Å². The van der Waals surface area contributed by atoms with Crippen LogP contribution in [0.5, 0.6) is 0 Å². The molecule has 0 saturated carbocycles. The Balaban J connectivity index is 2.36. The van der Waals surface area contributed by atoms with Gasteiger partial charge < -0.3 is 9.47 Å². The Morgan fingerprint density at radius 3 is 2.39 bits per heavy atom. The Hall–Kier alpha value is -0.940. The maximum Gasteiger partial charge on any atom is 0.0701 e. The van der Waals surface area contributed by atoms with E-state index in [4.69, 9.17) is 15.3 Å². The van der Waals surface area contributed by atoms with E-state index in [1.807, 2.05) is 0 Å². The molecule has 3 N–H and O–H groups in total. The third kappa shape index (κ3) is 5.60. The molecule has 0 fully saturated rings. The number of ether oxygens (including phenoxy) is 2. The topological polar surface area (TPSA) is 56.5 Å². The molecule has 0 aliphatic carbocycles. The number of nitrogens with one attached hydrogen (secondary N) is 1. The Bertz CT molecular complexity index is 314. The van der Waals surface area contributed by atoms with Crippen LogP contribution in [-0.4, -0.2) is 33.0 Å². The van der Waals surface area contributed by atoms with E-state index in [9.17, 15) is 0 Å². The molecule has 0 saturated heterocycles. The van der Waals surface area contributed by atoms with Crippen LogP contribution < -0.4 is 11.3 Å². The van der Waals surface area contributed by atoms with Gasteiger partial charge in [0.05, 0.1) is 19.8 Å². The fourth-order valence-corrected chi connectivity index (χ4v) is 1.73. The van der Waals surface area contributed by atoms with Gasteiger partial charge in [0.1, 0.15) is 0 Å². The third-order valence-electron chi connectivity index (χ3n) is 2.90. The summed E-state index contributed by atoms with van der Waals surface area (Å²) in [7, 11) is 1.66. The zero-order chi connectivity index (χ0) is 13.2. The van der Waals surface area contributed by atoms with Gasteiger partial charge in [0.25, 0.3) is 0 Å². The number of hydrogen-bond acceptors (Lipinski definition) is 4. The van der Waals surface area contributed by atoms with E-state index in [1.54, 1.807) is 7.11 Å². The minimum atomic E-state index is 0.134. The first-order valence-corrected chi connectivity index (χ1v) is 6.40. The van der Waals surface area contributed by atoms with Gasteiger partial charge in [-0.1, -0.05) is 31.2 Å². The van der Waals surface area contributed by atoms with E-state index < -0.39 is 0 Å². The number of aryl methyl sites for hydroxylation is 1. The molecular weight excluding hydrogens is 228 g/mol. The average Bonchev–Trinajstić information content (AvgIpc) is 2.43. The van der Waals surface area contributed by atoms with Gasteiger partial charge in [0.15, 0.2) is 0 Å². The Labute approximate surface area is 109 Å². The number of benzene rings is 1. The standard InChI is InChI=1S/C14H24N2O2/c1-3-12-4-6-13(7-5-12)10-14(16-15)11-18-9-8-17-2/h4-7,14,16H,3,8-11,15H2,1-2H3. The van der Waals surface area contributed by atoms with Gasteiger partial charge in [0.2, 0.25) is 0 Å². The monoisotopic (exact) mass is 252 g/mol. The van der Waals surface area contributed by atoms with Crippen LogP contribution in [-0.2, 0) is 22.3 Å². The summed E-state index contributed by atoms with van der Waals surface area (Å²) < 4.78 is 10.4. The quantitative estimate of drug-likeness (QED) is 0.395. The van der Waals surface area contributed by atoms with Crippen molar-refractivity contribution in [3.8, 4) is 0 Å². The molecule has 0 bridgehead atoms. The summed E-state index contributed by atoms with van der Waals surface area (Å²) in [6.07, 6.45) is 1.94. The average molecular weight is 252 g/mol. The van der Waals surface area contributed by atoms with Gasteiger partial charge in [-0.15, -0.1) is 0 Å². The summed E-state index contributed by atoms with van der Waals surface area (Å²) in [5.41, 5.74) is 5.41. The minimum absolute atomic E-state index is 0.134. The molecule has 1 aromatic carbocycles. The molecule has 0 aromatic heterocycles. The number of hydrazine groups is 1. The van der Waals surface area contributed by atoms with Crippen LogP contribution in [0.1, 0.15) is 18.1 Å². The van der Waals surface area contributed by atoms with Crippen LogP contribution >= 0.6 is 0 Å². The summed E-state index contributed by atoms with van der Waals surface area (Å²) in [4.78, 5) is 0. The highest BCUT2D eigenvalue weighted by atomic mass is 16.5. The zero-order valence-electron chi connectivity index (χ0n) is 11.3. The number of methoxy groups -OCH3 is 1. The van der Waals surface area contributed by atoms with Crippen molar-refractivity contribution in [2.75, 3.05) is 26.9 Å². The predicted molar refractivity (Wildman–Crippen MR) is 73.3 cm³/mol. The van der Waals surface area contributed by atoms with Crippen LogP contribution in [0.15, 0.2) is 24.3 Å². The maximum atomic E-state index is 5.53. The molecule has 0 radical (unpaired) electrons. The number of nitrogens with two attached hydrogens (primary N) is 1. The van der Waals surface area contributed by atoms with E-state index in [-0.39, 0.29) is 6.04 Å². The molecule has 4 nitrogen and oxygen atoms in total. The highest BCUT2D eigenvalue weighted by molar-refractivity contribution is 5.23. The Morgan fingerprint density at radius 2 is 1.83 bits per heavy atom. The Morgan fingerprint density at radius 1 is 1.17 bits per heavy atom. The lowest BCUT2D eigenvalue weighted by Gasteiger charge is -2.16. The first-order chi connectivity index (χ1) is 8.80. The highest BCUT2D eigenvalue weighted by Crippen LogP contribution is 2.07. The first kappa shape index (κ1) is 15.1. The smallest absolute Gasteiger partial charge is 0.0701 e. The van der Waals surface area contributed by atoms with Crippen LogP contribution in [0.25, 0.3) is 0 Å². The molecule has 1 atom stereocenters. The summed E-state index contributed by atoms with van der Waals surface area (Å²) in [5, 5.41) is 0. The lowest BCUT2D eigenvalue weighted by Crippen LogP contribution is -2.40. The SMILES string of the molecule is CCc1ccc(CC(COCCOC)NN)cc1. The second kappa shape index (κ2) is 9.05. The molecule has 0 heterocycles. The lowest BCUT2D eigenvalue weighted by molar-refractivity contribution is 0.0587. The predicted octanol–water partition coefficient (Wildman–Crippen LogP) is 1.29. The normalized spacial score (nSPS) is 12.6. The van der Waals surface area contributed by atoms with Crippen molar-refractivity contribution in [3.05, 3.63) is 35.4 Å². The third-order valence-corrected chi connectivity index (χ3v) is 2.90. The number of hydrogen-bond donors (Lipinski definition) is 2. The second-order valence-corrected chi connectivity index (χ2v) is 4.31. The van der Waals surface area contributed by atoms with Crippen LogP contribution in [0, 0.1) is 0 Å². The minimum Gasteiger partial charge on any atom is -0.382 e. The van der Waals surface area contributed by atoms with Crippen molar-refractivity contribution in [3.63, 3.8) is 0 Å². The van der Waals surface area contributed by atoms with Crippen molar-refractivity contribution in [2.45, 2.75) is 25.8 Å². The van der Waals surface area contributed by atoms with Crippen LogP contribution in [0.4, 0.5) is 0 Å². The molecule has 102 valence electrons. The molecule has 0 spiro atoms. The van der Waals surface area contributed by atoms with Gasteiger partial charge in [-0.25, -0.2) is 0 Å². The number of rotatable bonds is 9. The van der Waals surface area contributed by atoms with Crippen molar-refractivity contribution in [1.82, 2.24) is 5.43 Å². The molecule has 0 aliphatic rings. The highest BCUT2D eigenvalue weighted by Gasteiger charge is 2.07. The summed E-state index contributed by atoms with van der Waals surface area (Å²) in [6.45, 7) is 3.96. The lowest BCUT2D eigenvalue weighted by atomic mass is 10.0. The largest absolute Gasteiger partial charge is 0.382 e. The molecule has 4 heteroatoms. The van der Waals surface area contributed by atoms with Crippen LogP contribution in [0.2, 0.25) is 0 Å². The van der Waals surface area contributed by atoms with E-state index in [2.05, 4.69) is 36.6 Å². The van der Waals surface area contributed by atoms with Crippen molar-refractivity contribution in [2.24, 2.45) is 5.84 Å². The Kier molecular flexibility index (Phi) is 7.60. The molecular formula is C14H24N2O2. The van der Waals surface area contributed by atoms with E-state index >= 15 is 0 Å². The summed E-state index contributed by atoms with van der Waals surface area (Å²) in [6, 6.07) is 8.76. The van der Waals surface area contributed by atoms with E-state index in [1.165, 1.54) is 11.1 Å². The molecule has 18 heavy (non-hydrogen) atoms. The first-order valence-electron chi connectivity index (χ1n) is 6.40. The molecule has 1 aromatic rings. The molecule has 1 unspecified atom stereocenters. The summed E-state index contributed by atoms with van der Waals surface area (Å²) >= 11 is 0.